The lowest BCUT2D eigenvalue weighted by atomic mass is 10.0. The fourth-order valence-electron chi connectivity index (χ4n) is 2.27. The van der Waals surface area contributed by atoms with Gasteiger partial charge in [0.05, 0.1) is 0 Å². The molecule has 0 saturated carbocycles. The van der Waals surface area contributed by atoms with E-state index in [1.54, 1.807) is 7.05 Å². The van der Waals surface area contributed by atoms with Crippen LogP contribution >= 0.6 is 24.0 Å². The molecule has 0 aliphatic carbocycles. The predicted molar refractivity (Wildman–Crippen MR) is 117 cm³/mol. The minimum Gasteiger partial charge on any atom is -0.356 e. The van der Waals surface area contributed by atoms with Crippen LogP contribution in [0.15, 0.2) is 35.3 Å². The summed E-state index contributed by atoms with van der Waals surface area (Å²) >= 11 is 0. The largest absolute Gasteiger partial charge is 0.356 e. The molecule has 0 saturated heterocycles. The lowest BCUT2D eigenvalue weighted by molar-refractivity contribution is 0.0953. The van der Waals surface area contributed by atoms with E-state index < -0.39 is 0 Å². The summed E-state index contributed by atoms with van der Waals surface area (Å²) in [7, 11) is 1.78. The molecule has 1 amide bonds. The molecule has 5 nitrogen and oxygen atoms in total. The fourth-order valence-corrected chi connectivity index (χ4v) is 2.27. The quantitative estimate of drug-likeness (QED) is 0.229. The first-order valence-electron chi connectivity index (χ1n) is 8.83. The van der Waals surface area contributed by atoms with Gasteiger partial charge in [-0.05, 0) is 44.2 Å². The Bertz CT molecular complexity index is 505. The van der Waals surface area contributed by atoms with Gasteiger partial charge in [0.1, 0.15) is 0 Å². The average Bonchev–Trinajstić information content (AvgIpc) is 2.59. The van der Waals surface area contributed by atoms with Crippen LogP contribution in [0.2, 0.25) is 0 Å². The molecule has 3 N–H and O–H groups in total. The number of rotatable bonds is 9. The number of aliphatic imine (C=N–C) groups is 1. The topological polar surface area (TPSA) is 65.5 Å². The molecule has 1 aromatic carbocycles. The molecule has 25 heavy (non-hydrogen) atoms. The number of benzene rings is 1. The van der Waals surface area contributed by atoms with E-state index in [9.17, 15) is 4.79 Å². The minimum absolute atomic E-state index is 0. The first-order chi connectivity index (χ1) is 11.5. The zero-order valence-corrected chi connectivity index (χ0v) is 18.2. The third kappa shape index (κ3) is 11.0. The van der Waals surface area contributed by atoms with E-state index in [-0.39, 0.29) is 29.9 Å². The Kier molecular flexibility index (Phi) is 13.2. The summed E-state index contributed by atoms with van der Waals surface area (Å²) in [5, 5.41) is 9.61. The molecule has 142 valence electrons. The molecule has 0 aliphatic rings. The standard InChI is InChI=1S/C19H32N4O.HI/c1-15(2)11-12-16(3)23-19(20-4)22-14-8-13-21-18(24)17-9-6-5-7-10-17;/h5-7,9-10,15-16H,8,11-14H2,1-4H3,(H,21,24)(H2,20,22,23);1H. The smallest absolute Gasteiger partial charge is 0.251 e. The van der Waals surface area contributed by atoms with Crippen LogP contribution < -0.4 is 16.0 Å². The van der Waals surface area contributed by atoms with Gasteiger partial charge >= 0.3 is 0 Å². The van der Waals surface area contributed by atoms with Crippen LogP contribution in [0.4, 0.5) is 0 Å². The van der Waals surface area contributed by atoms with Gasteiger partial charge in [0.25, 0.3) is 5.91 Å². The van der Waals surface area contributed by atoms with Crippen LogP contribution in [0.5, 0.6) is 0 Å². The highest BCUT2D eigenvalue weighted by atomic mass is 127. The Morgan fingerprint density at radius 1 is 1.04 bits per heavy atom. The first-order valence-corrected chi connectivity index (χ1v) is 8.83. The van der Waals surface area contributed by atoms with Gasteiger partial charge in [-0.1, -0.05) is 32.0 Å². The molecular weight excluding hydrogens is 427 g/mol. The summed E-state index contributed by atoms with van der Waals surface area (Å²) in [4.78, 5) is 16.1. The van der Waals surface area contributed by atoms with Crippen molar-refractivity contribution in [3.05, 3.63) is 35.9 Å². The number of carbonyl (C=O) groups excluding carboxylic acids is 1. The fraction of sp³-hybridized carbons (Fsp3) is 0.579. The predicted octanol–water partition coefficient (Wildman–Crippen LogP) is 3.41. The second-order valence-corrected chi connectivity index (χ2v) is 6.49. The molecule has 1 rings (SSSR count). The average molecular weight is 460 g/mol. The Hall–Kier alpha value is -1.31. The van der Waals surface area contributed by atoms with Crippen molar-refractivity contribution < 1.29 is 4.79 Å². The number of hydrogen-bond acceptors (Lipinski definition) is 2. The maximum absolute atomic E-state index is 11.9. The van der Waals surface area contributed by atoms with Crippen LogP contribution in [0.25, 0.3) is 0 Å². The van der Waals surface area contributed by atoms with Crippen molar-refractivity contribution in [2.24, 2.45) is 10.9 Å². The maximum Gasteiger partial charge on any atom is 0.251 e. The van der Waals surface area contributed by atoms with E-state index in [1.165, 1.54) is 6.42 Å². The number of nitrogens with zero attached hydrogens (tertiary/aromatic N) is 1. The van der Waals surface area contributed by atoms with Gasteiger partial charge in [0.15, 0.2) is 5.96 Å². The molecule has 0 heterocycles. The summed E-state index contributed by atoms with van der Waals surface area (Å²) < 4.78 is 0. The second kappa shape index (κ2) is 13.9. The molecule has 6 heteroatoms. The molecule has 1 unspecified atom stereocenters. The number of guanidine groups is 1. The van der Waals surface area contributed by atoms with Crippen LogP contribution in [-0.2, 0) is 0 Å². The second-order valence-electron chi connectivity index (χ2n) is 6.49. The zero-order chi connectivity index (χ0) is 17.8. The zero-order valence-electron chi connectivity index (χ0n) is 15.8. The molecule has 1 aromatic rings. The van der Waals surface area contributed by atoms with Crippen molar-refractivity contribution in [1.29, 1.82) is 0 Å². The molecule has 1 atom stereocenters. The van der Waals surface area contributed by atoms with E-state index in [1.807, 2.05) is 30.3 Å². The summed E-state index contributed by atoms with van der Waals surface area (Å²) in [5.74, 6) is 1.51. The minimum atomic E-state index is -0.0274. The van der Waals surface area contributed by atoms with E-state index in [0.29, 0.717) is 18.2 Å². The van der Waals surface area contributed by atoms with Crippen LogP contribution in [0, 0.1) is 5.92 Å². The Labute approximate surface area is 169 Å². The number of nitrogens with one attached hydrogen (secondary N) is 3. The number of halogens is 1. The highest BCUT2D eigenvalue weighted by molar-refractivity contribution is 14.0. The van der Waals surface area contributed by atoms with Crippen molar-refractivity contribution in [1.82, 2.24) is 16.0 Å². The molecule has 0 radical (unpaired) electrons. The Balaban J connectivity index is 0.00000576. The Morgan fingerprint density at radius 2 is 1.68 bits per heavy atom. The molecule has 0 aliphatic heterocycles. The van der Waals surface area contributed by atoms with Gasteiger partial charge in [-0.3, -0.25) is 9.79 Å². The van der Waals surface area contributed by atoms with E-state index in [0.717, 1.165) is 31.3 Å². The molecule has 0 aromatic heterocycles. The van der Waals surface area contributed by atoms with Gasteiger partial charge in [-0.15, -0.1) is 24.0 Å². The van der Waals surface area contributed by atoms with E-state index in [4.69, 9.17) is 0 Å². The van der Waals surface area contributed by atoms with Crippen molar-refractivity contribution >= 4 is 35.8 Å². The third-order valence-corrected chi connectivity index (χ3v) is 3.75. The lowest BCUT2D eigenvalue weighted by Crippen LogP contribution is -2.43. The third-order valence-electron chi connectivity index (χ3n) is 3.75. The summed E-state index contributed by atoms with van der Waals surface area (Å²) in [5.41, 5.74) is 0.696. The van der Waals surface area contributed by atoms with Crippen LogP contribution in [0.1, 0.15) is 50.4 Å². The van der Waals surface area contributed by atoms with E-state index >= 15 is 0 Å². The van der Waals surface area contributed by atoms with E-state index in [2.05, 4.69) is 41.7 Å². The van der Waals surface area contributed by atoms with Crippen molar-refractivity contribution in [2.75, 3.05) is 20.1 Å². The highest BCUT2D eigenvalue weighted by Gasteiger charge is 2.06. The normalized spacial score (nSPS) is 12.3. The monoisotopic (exact) mass is 460 g/mol. The van der Waals surface area contributed by atoms with Crippen LogP contribution in [0.3, 0.4) is 0 Å². The maximum atomic E-state index is 11.9. The number of carbonyl (C=O) groups is 1. The summed E-state index contributed by atoms with van der Waals surface area (Å²) in [6.07, 6.45) is 3.18. The lowest BCUT2D eigenvalue weighted by Gasteiger charge is -2.18. The van der Waals surface area contributed by atoms with Crippen molar-refractivity contribution in [3.8, 4) is 0 Å². The van der Waals surface area contributed by atoms with Crippen molar-refractivity contribution in [2.45, 2.75) is 46.1 Å². The number of amides is 1. The molecular formula is C19H33IN4O. The van der Waals surface area contributed by atoms with Gasteiger partial charge in [0.2, 0.25) is 0 Å². The van der Waals surface area contributed by atoms with Crippen LogP contribution in [-0.4, -0.2) is 38.0 Å². The Morgan fingerprint density at radius 3 is 2.28 bits per heavy atom. The molecule has 0 spiro atoms. The first kappa shape index (κ1) is 23.7. The molecule has 0 fully saturated rings. The van der Waals surface area contributed by atoms with Gasteiger partial charge in [0, 0.05) is 31.7 Å². The van der Waals surface area contributed by atoms with Gasteiger partial charge in [-0.2, -0.15) is 0 Å². The molecule has 0 bridgehead atoms. The van der Waals surface area contributed by atoms with Crippen molar-refractivity contribution in [3.63, 3.8) is 0 Å². The summed E-state index contributed by atoms with van der Waals surface area (Å²) in [6, 6.07) is 9.67. The highest BCUT2D eigenvalue weighted by Crippen LogP contribution is 2.06. The summed E-state index contributed by atoms with van der Waals surface area (Å²) in [6.45, 7) is 8.06. The van der Waals surface area contributed by atoms with Gasteiger partial charge < -0.3 is 16.0 Å². The van der Waals surface area contributed by atoms with Gasteiger partial charge in [-0.25, -0.2) is 0 Å². The number of hydrogen-bond donors (Lipinski definition) is 3. The SMILES string of the molecule is CN=C(NCCCNC(=O)c1ccccc1)NC(C)CCC(C)C.I.